The first kappa shape index (κ1) is 9.68. The fourth-order valence-corrected chi connectivity index (χ4v) is 1.40. The van der Waals surface area contributed by atoms with Gasteiger partial charge in [0.15, 0.2) is 5.79 Å². The van der Waals surface area contributed by atoms with Crippen LogP contribution < -0.4 is 0 Å². The fraction of sp³-hybridized carbons (Fsp3) is 0.889. The van der Waals surface area contributed by atoms with E-state index in [1.54, 1.807) is 0 Å². The summed E-state index contributed by atoms with van der Waals surface area (Å²) in [7, 11) is 0. The van der Waals surface area contributed by atoms with Gasteiger partial charge in [0, 0.05) is 0 Å². The molecular weight excluding hydrogens is 156 g/mol. The van der Waals surface area contributed by atoms with Gasteiger partial charge in [-0.2, -0.15) is 0 Å². The van der Waals surface area contributed by atoms with Crippen LogP contribution in [0.4, 0.5) is 0 Å². The molecule has 0 bridgehead atoms. The molecule has 0 saturated carbocycles. The molecule has 0 aromatic rings. The molecule has 3 nitrogen and oxygen atoms in total. The number of rotatable bonds is 2. The minimum absolute atomic E-state index is 0.0197. The van der Waals surface area contributed by atoms with Gasteiger partial charge in [-0.1, -0.05) is 6.92 Å². The number of hydrogen-bond acceptors (Lipinski definition) is 3. The Labute approximate surface area is 73.0 Å². The Morgan fingerprint density at radius 3 is 2.75 bits per heavy atom. The highest BCUT2D eigenvalue weighted by Crippen LogP contribution is 2.26. The summed E-state index contributed by atoms with van der Waals surface area (Å²) in [5.41, 5.74) is 0. The van der Waals surface area contributed by atoms with Crippen LogP contribution in [0.2, 0.25) is 0 Å². The minimum atomic E-state index is -0.528. The summed E-state index contributed by atoms with van der Waals surface area (Å²) >= 11 is 0. The monoisotopic (exact) mass is 172 g/mol. The van der Waals surface area contributed by atoms with Gasteiger partial charge in [0.25, 0.3) is 0 Å². The Morgan fingerprint density at radius 1 is 1.58 bits per heavy atom. The molecule has 0 aromatic heterocycles. The van der Waals surface area contributed by atoms with Crippen molar-refractivity contribution in [3.05, 3.63) is 0 Å². The van der Waals surface area contributed by atoms with E-state index in [0.29, 0.717) is 6.61 Å². The summed E-state index contributed by atoms with van der Waals surface area (Å²) < 4.78 is 10.9. The summed E-state index contributed by atoms with van der Waals surface area (Å²) in [6, 6.07) is 0. The second kappa shape index (κ2) is 3.54. The largest absolute Gasteiger partial charge is 0.350 e. The van der Waals surface area contributed by atoms with Crippen molar-refractivity contribution in [3.63, 3.8) is 0 Å². The molecule has 1 heterocycles. The van der Waals surface area contributed by atoms with Crippen LogP contribution in [0.1, 0.15) is 27.2 Å². The highest BCUT2D eigenvalue weighted by Gasteiger charge is 2.35. The van der Waals surface area contributed by atoms with E-state index in [1.165, 1.54) is 0 Å². The summed E-state index contributed by atoms with van der Waals surface area (Å²) in [6.45, 7) is 6.24. The van der Waals surface area contributed by atoms with E-state index in [0.717, 1.165) is 12.7 Å². The molecule has 70 valence electrons. The van der Waals surface area contributed by atoms with Crippen molar-refractivity contribution in [2.75, 3.05) is 6.61 Å². The van der Waals surface area contributed by atoms with Crippen molar-refractivity contribution in [3.8, 4) is 0 Å². The lowest BCUT2D eigenvalue weighted by Gasteiger charge is -2.38. The molecule has 0 N–H and O–H groups in total. The van der Waals surface area contributed by atoms with E-state index in [9.17, 15) is 4.79 Å². The van der Waals surface area contributed by atoms with Crippen LogP contribution in [0.5, 0.6) is 0 Å². The molecular formula is C9H16O3. The quantitative estimate of drug-likeness (QED) is 0.590. The van der Waals surface area contributed by atoms with E-state index in [1.807, 2.05) is 20.8 Å². The first-order valence-electron chi connectivity index (χ1n) is 4.36. The van der Waals surface area contributed by atoms with Gasteiger partial charge in [-0.15, -0.1) is 0 Å². The normalized spacial score (nSPS) is 34.6. The average molecular weight is 172 g/mol. The zero-order chi connectivity index (χ0) is 9.19. The highest BCUT2D eigenvalue weighted by atomic mass is 16.7. The fourth-order valence-electron chi connectivity index (χ4n) is 1.40. The van der Waals surface area contributed by atoms with Crippen LogP contribution in [0.3, 0.4) is 0 Å². The van der Waals surface area contributed by atoms with E-state index in [4.69, 9.17) is 9.47 Å². The molecule has 0 aliphatic carbocycles. The molecule has 0 radical (unpaired) electrons. The van der Waals surface area contributed by atoms with E-state index < -0.39 is 5.79 Å². The first-order valence-corrected chi connectivity index (χ1v) is 4.36. The summed E-state index contributed by atoms with van der Waals surface area (Å²) in [4.78, 5) is 10.6. The third-order valence-electron chi connectivity index (χ3n) is 2.11. The third kappa shape index (κ3) is 2.05. The lowest BCUT2D eigenvalue weighted by atomic mass is 10.0. The Morgan fingerprint density at radius 2 is 2.25 bits per heavy atom. The Kier molecular flexibility index (Phi) is 2.85. The highest BCUT2D eigenvalue weighted by molar-refractivity contribution is 5.54. The molecule has 1 saturated heterocycles. The van der Waals surface area contributed by atoms with Crippen LogP contribution >= 0.6 is 0 Å². The van der Waals surface area contributed by atoms with Crippen molar-refractivity contribution < 1.29 is 14.3 Å². The molecule has 0 spiro atoms. The van der Waals surface area contributed by atoms with Crippen LogP contribution in [0, 0.1) is 5.92 Å². The SMILES string of the molecule is CC[C@H]1OC(C)(C)OC[C@@H]1C=O. The van der Waals surface area contributed by atoms with Gasteiger partial charge in [0.1, 0.15) is 6.29 Å². The van der Waals surface area contributed by atoms with Crippen LogP contribution in [-0.4, -0.2) is 24.8 Å². The molecule has 1 aliphatic heterocycles. The molecule has 0 amide bonds. The zero-order valence-electron chi connectivity index (χ0n) is 7.87. The van der Waals surface area contributed by atoms with Crippen molar-refractivity contribution in [1.29, 1.82) is 0 Å². The molecule has 12 heavy (non-hydrogen) atoms. The van der Waals surface area contributed by atoms with Gasteiger partial charge >= 0.3 is 0 Å². The molecule has 0 unspecified atom stereocenters. The number of hydrogen-bond donors (Lipinski definition) is 0. The second-order valence-corrected chi connectivity index (χ2v) is 3.58. The summed E-state index contributed by atoms with van der Waals surface area (Å²) in [5.74, 6) is -0.622. The zero-order valence-corrected chi connectivity index (χ0v) is 7.87. The topological polar surface area (TPSA) is 35.5 Å². The van der Waals surface area contributed by atoms with Crippen LogP contribution in [-0.2, 0) is 14.3 Å². The number of aldehydes is 1. The summed E-state index contributed by atoms with van der Waals surface area (Å²) in [6.07, 6.45) is 1.80. The number of carbonyl (C=O) groups is 1. The van der Waals surface area contributed by atoms with Crippen LogP contribution in [0.25, 0.3) is 0 Å². The van der Waals surface area contributed by atoms with Gasteiger partial charge in [0.2, 0.25) is 0 Å². The van der Waals surface area contributed by atoms with E-state index in [-0.39, 0.29) is 12.0 Å². The Balaban J connectivity index is 2.59. The van der Waals surface area contributed by atoms with Crippen molar-refractivity contribution in [1.82, 2.24) is 0 Å². The van der Waals surface area contributed by atoms with Gasteiger partial charge in [-0.05, 0) is 20.3 Å². The lowest BCUT2D eigenvalue weighted by Crippen LogP contribution is -2.45. The maximum absolute atomic E-state index is 10.6. The molecule has 1 fully saturated rings. The molecule has 1 aliphatic rings. The average Bonchev–Trinajstić information content (AvgIpc) is 2.03. The lowest BCUT2D eigenvalue weighted by molar-refractivity contribution is -0.286. The molecule has 3 heteroatoms. The van der Waals surface area contributed by atoms with Crippen LogP contribution in [0.15, 0.2) is 0 Å². The van der Waals surface area contributed by atoms with Gasteiger partial charge < -0.3 is 14.3 Å². The second-order valence-electron chi connectivity index (χ2n) is 3.58. The van der Waals surface area contributed by atoms with E-state index >= 15 is 0 Å². The standard InChI is InChI=1S/C9H16O3/c1-4-8-7(5-10)6-11-9(2,3)12-8/h5,7-8H,4,6H2,1-3H3/t7-,8+/m0/s1. The molecule has 2 atom stereocenters. The maximum Gasteiger partial charge on any atom is 0.163 e. The van der Waals surface area contributed by atoms with Crippen molar-refractivity contribution in [2.24, 2.45) is 5.92 Å². The van der Waals surface area contributed by atoms with Crippen molar-refractivity contribution in [2.45, 2.75) is 39.1 Å². The summed E-state index contributed by atoms with van der Waals surface area (Å²) in [5, 5.41) is 0. The maximum atomic E-state index is 10.6. The van der Waals surface area contributed by atoms with Gasteiger partial charge in [0.05, 0.1) is 18.6 Å². The Hall–Kier alpha value is -0.410. The smallest absolute Gasteiger partial charge is 0.163 e. The van der Waals surface area contributed by atoms with Gasteiger partial charge in [-0.25, -0.2) is 0 Å². The predicted octanol–water partition coefficient (Wildman–Crippen LogP) is 1.36. The Bertz CT molecular complexity index is 165. The molecule has 0 aromatic carbocycles. The van der Waals surface area contributed by atoms with E-state index in [2.05, 4.69) is 0 Å². The van der Waals surface area contributed by atoms with Crippen molar-refractivity contribution >= 4 is 6.29 Å². The first-order chi connectivity index (χ1) is 5.59. The number of ether oxygens (including phenoxy) is 2. The predicted molar refractivity (Wildman–Crippen MR) is 44.7 cm³/mol. The molecule has 1 rings (SSSR count). The van der Waals surface area contributed by atoms with Gasteiger partial charge in [-0.3, -0.25) is 0 Å². The third-order valence-corrected chi connectivity index (χ3v) is 2.11. The number of carbonyl (C=O) groups excluding carboxylic acids is 1. The minimum Gasteiger partial charge on any atom is -0.350 e.